The van der Waals surface area contributed by atoms with E-state index in [9.17, 15) is 9.50 Å². The van der Waals surface area contributed by atoms with E-state index < -0.39 is 5.60 Å². The lowest BCUT2D eigenvalue weighted by Crippen LogP contribution is -2.27. The summed E-state index contributed by atoms with van der Waals surface area (Å²) in [4.78, 5) is 0. The second kappa shape index (κ2) is 6.12. The van der Waals surface area contributed by atoms with Crippen LogP contribution in [0, 0.1) is 12.7 Å². The fourth-order valence-corrected chi connectivity index (χ4v) is 1.68. The van der Waals surface area contributed by atoms with E-state index in [4.69, 9.17) is 0 Å². The molecule has 3 heteroatoms. The zero-order valence-electron chi connectivity index (χ0n) is 10.9. The molecule has 2 N–H and O–H groups in total. The van der Waals surface area contributed by atoms with E-state index >= 15 is 0 Å². The highest BCUT2D eigenvalue weighted by molar-refractivity contribution is 5.26. The summed E-state index contributed by atoms with van der Waals surface area (Å²) in [6.07, 6.45) is 1.62. The molecule has 0 saturated heterocycles. The van der Waals surface area contributed by atoms with Gasteiger partial charge in [-0.15, -0.1) is 0 Å². The second-order valence-electron chi connectivity index (χ2n) is 5.13. The molecule has 96 valence electrons. The van der Waals surface area contributed by atoms with Crippen molar-refractivity contribution in [2.45, 2.75) is 39.2 Å². The molecular formula is C14H22FNO. The smallest absolute Gasteiger partial charge is 0.123 e. The van der Waals surface area contributed by atoms with Gasteiger partial charge in [0.2, 0.25) is 0 Å². The van der Waals surface area contributed by atoms with Crippen LogP contribution in [0.5, 0.6) is 0 Å². The fraction of sp³-hybridized carbons (Fsp3) is 0.571. The number of hydrogen-bond acceptors (Lipinski definition) is 2. The Hall–Kier alpha value is -0.930. The van der Waals surface area contributed by atoms with Gasteiger partial charge in [-0.2, -0.15) is 0 Å². The van der Waals surface area contributed by atoms with Crippen LogP contribution in [0.4, 0.5) is 4.39 Å². The summed E-state index contributed by atoms with van der Waals surface area (Å²) in [6, 6.07) is 4.90. The van der Waals surface area contributed by atoms with Gasteiger partial charge in [-0.3, -0.25) is 0 Å². The molecule has 0 aromatic heterocycles. The highest BCUT2D eigenvalue weighted by atomic mass is 19.1. The van der Waals surface area contributed by atoms with Crippen molar-refractivity contribution in [1.29, 1.82) is 0 Å². The van der Waals surface area contributed by atoms with Gasteiger partial charge in [0, 0.05) is 0 Å². The summed E-state index contributed by atoms with van der Waals surface area (Å²) in [5, 5.41) is 12.8. The Kier molecular flexibility index (Phi) is 5.09. The van der Waals surface area contributed by atoms with Crippen LogP contribution in [0.2, 0.25) is 0 Å². The van der Waals surface area contributed by atoms with Crippen molar-refractivity contribution >= 4 is 0 Å². The Labute approximate surface area is 103 Å². The zero-order chi connectivity index (χ0) is 12.9. The zero-order valence-corrected chi connectivity index (χ0v) is 10.9. The summed E-state index contributed by atoms with van der Waals surface area (Å²) in [6.45, 7) is 7.18. The molecule has 17 heavy (non-hydrogen) atoms. The molecule has 0 amide bonds. The Morgan fingerprint density at radius 1 is 1.29 bits per heavy atom. The molecule has 1 aromatic carbocycles. The molecule has 0 heterocycles. The van der Waals surface area contributed by atoms with Gasteiger partial charge in [0.1, 0.15) is 5.82 Å². The normalized spacial score (nSPS) is 11.8. The number of rotatable bonds is 6. The predicted molar refractivity (Wildman–Crippen MR) is 68.6 cm³/mol. The topological polar surface area (TPSA) is 32.3 Å². The fourth-order valence-electron chi connectivity index (χ4n) is 1.68. The van der Waals surface area contributed by atoms with Crippen molar-refractivity contribution in [3.8, 4) is 0 Å². The lowest BCUT2D eigenvalue weighted by molar-refractivity contribution is 0.0713. The highest BCUT2D eigenvalue weighted by Gasteiger charge is 2.10. The second-order valence-corrected chi connectivity index (χ2v) is 5.13. The first-order chi connectivity index (χ1) is 7.88. The third kappa shape index (κ3) is 5.80. The average Bonchev–Trinajstić information content (AvgIpc) is 2.18. The van der Waals surface area contributed by atoms with E-state index in [1.165, 1.54) is 11.6 Å². The minimum absolute atomic E-state index is 0.179. The van der Waals surface area contributed by atoms with E-state index in [2.05, 4.69) is 5.32 Å². The molecule has 1 rings (SSSR count). The van der Waals surface area contributed by atoms with Crippen LogP contribution >= 0.6 is 0 Å². The average molecular weight is 239 g/mol. The van der Waals surface area contributed by atoms with E-state index in [0.29, 0.717) is 0 Å². The van der Waals surface area contributed by atoms with Crippen LogP contribution in [0.1, 0.15) is 31.4 Å². The van der Waals surface area contributed by atoms with Gasteiger partial charge in [-0.1, -0.05) is 6.07 Å². The molecule has 0 unspecified atom stereocenters. The standard InChI is InChI=1S/C14H22FNO/c1-11-10-13(15)5-4-12(11)6-8-16-9-7-14(2,3)17/h4-5,10,16-17H,6-9H2,1-3H3. The molecule has 0 atom stereocenters. The number of hydrogen-bond donors (Lipinski definition) is 2. The molecular weight excluding hydrogens is 217 g/mol. The predicted octanol–water partition coefficient (Wildman–Crippen LogP) is 2.43. The number of benzene rings is 1. The van der Waals surface area contributed by atoms with Crippen LogP contribution in [-0.2, 0) is 6.42 Å². The molecule has 0 fully saturated rings. The van der Waals surface area contributed by atoms with Gasteiger partial charge in [0.15, 0.2) is 0 Å². The monoisotopic (exact) mass is 239 g/mol. The van der Waals surface area contributed by atoms with Gasteiger partial charge in [0.05, 0.1) is 5.60 Å². The lowest BCUT2D eigenvalue weighted by atomic mass is 10.0. The summed E-state index contributed by atoms with van der Waals surface area (Å²) in [5.74, 6) is -0.179. The largest absolute Gasteiger partial charge is 0.390 e. The molecule has 2 nitrogen and oxygen atoms in total. The molecule has 1 aromatic rings. The molecule has 0 spiro atoms. The van der Waals surface area contributed by atoms with Crippen LogP contribution in [0.15, 0.2) is 18.2 Å². The minimum Gasteiger partial charge on any atom is -0.390 e. The van der Waals surface area contributed by atoms with E-state index in [1.807, 2.05) is 13.0 Å². The Morgan fingerprint density at radius 2 is 2.00 bits per heavy atom. The molecule has 0 aliphatic carbocycles. The maximum absolute atomic E-state index is 12.9. The van der Waals surface area contributed by atoms with Crippen molar-refractivity contribution in [2.24, 2.45) is 0 Å². The summed E-state index contributed by atoms with van der Waals surface area (Å²) < 4.78 is 12.9. The third-order valence-electron chi connectivity index (χ3n) is 2.79. The maximum atomic E-state index is 12.9. The quantitative estimate of drug-likeness (QED) is 0.747. The van der Waals surface area contributed by atoms with Crippen molar-refractivity contribution in [3.05, 3.63) is 35.1 Å². The minimum atomic E-state index is -0.612. The lowest BCUT2D eigenvalue weighted by Gasteiger charge is -2.17. The molecule has 0 saturated carbocycles. The molecule has 0 bridgehead atoms. The van der Waals surface area contributed by atoms with Gasteiger partial charge in [-0.25, -0.2) is 4.39 Å². The van der Waals surface area contributed by atoms with Crippen molar-refractivity contribution < 1.29 is 9.50 Å². The van der Waals surface area contributed by atoms with Gasteiger partial charge < -0.3 is 10.4 Å². The first-order valence-electron chi connectivity index (χ1n) is 6.06. The summed E-state index contributed by atoms with van der Waals surface area (Å²) >= 11 is 0. The van der Waals surface area contributed by atoms with Crippen molar-refractivity contribution in [1.82, 2.24) is 5.32 Å². The Balaban J connectivity index is 2.27. The van der Waals surface area contributed by atoms with Gasteiger partial charge in [-0.05, 0) is 70.0 Å². The van der Waals surface area contributed by atoms with E-state index in [-0.39, 0.29) is 5.82 Å². The van der Waals surface area contributed by atoms with E-state index in [0.717, 1.165) is 31.5 Å². The summed E-state index contributed by atoms with van der Waals surface area (Å²) in [5.41, 5.74) is 1.55. The third-order valence-corrected chi connectivity index (χ3v) is 2.79. The first-order valence-corrected chi connectivity index (χ1v) is 6.06. The van der Waals surface area contributed by atoms with Gasteiger partial charge >= 0.3 is 0 Å². The maximum Gasteiger partial charge on any atom is 0.123 e. The molecule has 0 aliphatic heterocycles. The van der Waals surface area contributed by atoms with Crippen LogP contribution < -0.4 is 5.32 Å². The number of aliphatic hydroxyl groups is 1. The van der Waals surface area contributed by atoms with Crippen LogP contribution in [0.25, 0.3) is 0 Å². The molecule has 0 aliphatic rings. The summed E-state index contributed by atoms with van der Waals surface area (Å²) in [7, 11) is 0. The van der Waals surface area contributed by atoms with Gasteiger partial charge in [0.25, 0.3) is 0 Å². The number of nitrogens with one attached hydrogen (secondary N) is 1. The molecule has 0 radical (unpaired) electrons. The van der Waals surface area contributed by atoms with Crippen LogP contribution in [-0.4, -0.2) is 23.8 Å². The van der Waals surface area contributed by atoms with E-state index in [1.54, 1.807) is 19.9 Å². The SMILES string of the molecule is Cc1cc(F)ccc1CCNCCC(C)(C)O. The number of halogens is 1. The number of aryl methyl sites for hydroxylation is 1. The Bertz CT molecular complexity index is 358. The van der Waals surface area contributed by atoms with Crippen molar-refractivity contribution in [2.75, 3.05) is 13.1 Å². The van der Waals surface area contributed by atoms with Crippen molar-refractivity contribution in [3.63, 3.8) is 0 Å². The first kappa shape index (κ1) is 14.1. The van der Waals surface area contributed by atoms with Crippen LogP contribution in [0.3, 0.4) is 0 Å². The highest BCUT2D eigenvalue weighted by Crippen LogP contribution is 2.10. The Morgan fingerprint density at radius 3 is 2.59 bits per heavy atom.